The van der Waals surface area contributed by atoms with Crippen molar-refractivity contribution in [2.45, 2.75) is 25.6 Å². The van der Waals surface area contributed by atoms with Crippen molar-refractivity contribution in [1.82, 2.24) is 0 Å². The molecule has 0 saturated heterocycles. The first-order valence-corrected chi connectivity index (χ1v) is 4.83. The van der Waals surface area contributed by atoms with Gasteiger partial charge in [-0.1, -0.05) is 19.9 Å². The fourth-order valence-corrected chi connectivity index (χ4v) is 1.30. The molecule has 0 N–H and O–H groups in total. The third kappa shape index (κ3) is 4.09. The summed E-state index contributed by atoms with van der Waals surface area (Å²) in [7, 11) is -2.70. The fourth-order valence-electron chi connectivity index (χ4n) is 0.637. The first kappa shape index (κ1) is 11.1. The normalized spacial score (nSPS) is 11.8. The van der Waals surface area contributed by atoms with Crippen LogP contribution in [0.2, 0.25) is 0 Å². The van der Waals surface area contributed by atoms with Crippen molar-refractivity contribution in [3.63, 3.8) is 0 Å². The fraction of sp³-hybridized carbons (Fsp3) is 0.571. The summed E-state index contributed by atoms with van der Waals surface area (Å²) >= 11 is 0. The van der Waals surface area contributed by atoms with Crippen molar-refractivity contribution in [3.8, 4) is 0 Å². The van der Waals surface area contributed by atoms with Crippen LogP contribution in [0.5, 0.6) is 0 Å². The molecule has 0 fully saturated rings. The number of rotatable bonds is 5. The zero-order valence-electron chi connectivity index (χ0n) is 6.86. The maximum atomic E-state index is 10.6. The molecule has 5 heteroatoms. The van der Waals surface area contributed by atoms with E-state index in [1.54, 1.807) is 0 Å². The topological polar surface area (TPSA) is 60.4 Å². The predicted octanol–water partition coefficient (Wildman–Crippen LogP) is 2.01. The third-order valence-corrected chi connectivity index (χ3v) is 2.02. The molecule has 0 aromatic heterocycles. The Morgan fingerprint density at radius 2 is 2.25 bits per heavy atom. The van der Waals surface area contributed by atoms with Crippen LogP contribution in [0.15, 0.2) is 12.7 Å². The molecule has 68 valence electrons. The first-order valence-electron chi connectivity index (χ1n) is 3.58. The van der Waals surface area contributed by atoms with Crippen LogP contribution in [-0.4, -0.2) is 11.8 Å². The van der Waals surface area contributed by atoms with E-state index in [-0.39, 0.29) is 0 Å². The molecule has 0 heterocycles. The standard InChI is InChI=1S/C7H11O4P/c1-3-5-7(12(9)10)11-6(8)4-2/h4,7H,2-3,5H2,1H3. The Bertz CT molecular complexity index is 224. The Hall–Kier alpha value is -0.890. The lowest BCUT2D eigenvalue weighted by Crippen LogP contribution is -2.10. The van der Waals surface area contributed by atoms with Crippen LogP contribution < -0.4 is 0 Å². The molecule has 12 heavy (non-hydrogen) atoms. The molecule has 0 aromatic carbocycles. The summed E-state index contributed by atoms with van der Waals surface area (Å²) in [6.45, 7) is 4.97. The molecule has 0 rings (SSSR count). The highest BCUT2D eigenvalue weighted by Crippen LogP contribution is 2.20. The summed E-state index contributed by atoms with van der Waals surface area (Å²) in [5, 5.41) is 0. The molecule has 0 aliphatic carbocycles. The van der Waals surface area contributed by atoms with E-state index < -0.39 is 19.5 Å². The Kier molecular flexibility index (Phi) is 5.30. The molecule has 0 aliphatic heterocycles. The molecule has 4 nitrogen and oxygen atoms in total. The van der Waals surface area contributed by atoms with Gasteiger partial charge < -0.3 is 4.74 Å². The van der Waals surface area contributed by atoms with Crippen LogP contribution in [0.1, 0.15) is 19.8 Å². The second-order valence-electron chi connectivity index (χ2n) is 2.17. The van der Waals surface area contributed by atoms with E-state index in [1.165, 1.54) is 0 Å². The zero-order valence-corrected chi connectivity index (χ0v) is 7.75. The molecule has 0 radical (unpaired) electrons. The monoisotopic (exact) mass is 190 g/mol. The number of esters is 1. The lowest BCUT2D eigenvalue weighted by Gasteiger charge is -2.06. The lowest BCUT2D eigenvalue weighted by molar-refractivity contribution is -0.139. The van der Waals surface area contributed by atoms with E-state index in [4.69, 9.17) is 0 Å². The quantitative estimate of drug-likeness (QED) is 0.378. The van der Waals surface area contributed by atoms with Crippen molar-refractivity contribution in [1.29, 1.82) is 0 Å². The highest BCUT2D eigenvalue weighted by atomic mass is 31.1. The minimum absolute atomic E-state index is 0.332. The number of carbonyl (C=O) groups excluding carboxylic acids is 1. The van der Waals surface area contributed by atoms with Crippen LogP contribution in [0.25, 0.3) is 0 Å². The second-order valence-corrected chi connectivity index (χ2v) is 3.32. The van der Waals surface area contributed by atoms with Crippen LogP contribution in [0.4, 0.5) is 0 Å². The van der Waals surface area contributed by atoms with Crippen molar-refractivity contribution in [3.05, 3.63) is 12.7 Å². The molecule has 1 atom stereocenters. The van der Waals surface area contributed by atoms with Crippen molar-refractivity contribution < 1.29 is 18.7 Å². The average molecular weight is 190 g/mol. The summed E-state index contributed by atoms with van der Waals surface area (Å²) in [5.74, 6) is -1.71. The first-order chi connectivity index (χ1) is 5.61. The lowest BCUT2D eigenvalue weighted by atomic mass is 10.3. The maximum Gasteiger partial charge on any atom is 0.357 e. The van der Waals surface area contributed by atoms with Crippen LogP contribution in [0.3, 0.4) is 0 Å². The van der Waals surface area contributed by atoms with Gasteiger partial charge in [0.25, 0.3) is 0 Å². The molecule has 0 spiro atoms. The van der Waals surface area contributed by atoms with Crippen molar-refractivity contribution >= 4 is 13.6 Å². The summed E-state index contributed by atoms with van der Waals surface area (Å²) in [4.78, 5) is 10.6. The number of hydrogen-bond acceptors (Lipinski definition) is 4. The minimum atomic E-state index is -2.70. The summed E-state index contributed by atoms with van der Waals surface area (Å²) < 4.78 is 25.5. The molecular formula is C7H11O4P. The Labute approximate surface area is 71.4 Å². The van der Waals surface area contributed by atoms with Gasteiger partial charge in [-0.2, -0.15) is 0 Å². The van der Waals surface area contributed by atoms with Crippen LogP contribution in [-0.2, 0) is 18.7 Å². The average Bonchev–Trinajstić information content (AvgIpc) is 2.03. The third-order valence-electron chi connectivity index (χ3n) is 1.19. The number of ether oxygens (including phenoxy) is 1. The van der Waals surface area contributed by atoms with Gasteiger partial charge in [0, 0.05) is 6.08 Å². The molecule has 0 bridgehead atoms. The Balaban J connectivity index is 4.12. The highest BCUT2D eigenvalue weighted by molar-refractivity contribution is 7.31. The van der Waals surface area contributed by atoms with Crippen molar-refractivity contribution in [2.24, 2.45) is 0 Å². The van der Waals surface area contributed by atoms with E-state index in [1.807, 2.05) is 6.92 Å². The molecule has 0 saturated carbocycles. The van der Waals surface area contributed by atoms with E-state index in [2.05, 4.69) is 11.3 Å². The van der Waals surface area contributed by atoms with Gasteiger partial charge in [-0.3, -0.25) is 0 Å². The Morgan fingerprint density at radius 1 is 1.67 bits per heavy atom. The highest BCUT2D eigenvalue weighted by Gasteiger charge is 2.16. The van der Waals surface area contributed by atoms with Gasteiger partial charge in [0.1, 0.15) is 0 Å². The van der Waals surface area contributed by atoms with Gasteiger partial charge in [0.05, 0.1) is 0 Å². The number of hydrogen-bond donors (Lipinski definition) is 0. The van der Waals surface area contributed by atoms with Crippen LogP contribution in [0, 0.1) is 0 Å². The smallest absolute Gasteiger partial charge is 0.357 e. The zero-order chi connectivity index (χ0) is 9.56. The maximum absolute atomic E-state index is 10.6. The van der Waals surface area contributed by atoms with Gasteiger partial charge in [-0.05, 0) is 6.42 Å². The van der Waals surface area contributed by atoms with Gasteiger partial charge >= 0.3 is 13.6 Å². The molecule has 0 aromatic rings. The van der Waals surface area contributed by atoms with Gasteiger partial charge in [0.2, 0.25) is 5.85 Å². The van der Waals surface area contributed by atoms with Gasteiger partial charge in [-0.15, -0.1) is 0 Å². The van der Waals surface area contributed by atoms with E-state index >= 15 is 0 Å². The van der Waals surface area contributed by atoms with Crippen LogP contribution >= 0.6 is 7.68 Å². The predicted molar refractivity (Wildman–Crippen MR) is 43.3 cm³/mol. The molecule has 0 aliphatic rings. The Morgan fingerprint density at radius 3 is 2.58 bits per heavy atom. The summed E-state index contributed by atoms with van der Waals surface area (Å²) in [5.41, 5.74) is 0. The number of carbonyl (C=O) groups is 1. The minimum Gasteiger partial charge on any atom is -0.444 e. The van der Waals surface area contributed by atoms with Crippen molar-refractivity contribution in [2.75, 3.05) is 0 Å². The van der Waals surface area contributed by atoms with E-state index in [9.17, 15) is 13.9 Å². The largest absolute Gasteiger partial charge is 0.444 e. The van der Waals surface area contributed by atoms with E-state index in [0.29, 0.717) is 12.8 Å². The second kappa shape index (κ2) is 5.72. The summed E-state index contributed by atoms with van der Waals surface area (Å²) in [6.07, 6.45) is 1.93. The van der Waals surface area contributed by atoms with Gasteiger partial charge in [0.15, 0.2) is 0 Å². The van der Waals surface area contributed by atoms with E-state index in [0.717, 1.165) is 6.08 Å². The molecular weight excluding hydrogens is 179 g/mol. The SMILES string of the molecule is C=CC(=O)OC(CCC)P(=O)=O. The summed E-state index contributed by atoms with van der Waals surface area (Å²) in [6, 6.07) is 0. The molecule has 1 unspecified atom stereocenters. The molecule has 0 amide bonds. The van der Waals surface area contributed by atoms with Gasteiger partial charge in [-0.25, -0.2) is 13.9 Å².